The number of carbonyl (C=O) groups excluding carboxylic acids is 7. The first-order valence-electron chi connectivity index (χ1n) is 26.5. The number of aromatic nitrogens is 1. The SMILES string of the molecule is CC.CC(C)C.CC(C)C.C[C@H]1CN(C(=O)CNC(=O)C(F)(F)F)CC1(C)C.N#CC1(NC=O)C(=O)c2cccc3cncc1c23.[B]/C(N)=C(C(/C=C\C)=C(\N)C(C#N)NC=O)\C(C)(C)C1(C)CN(C(=O)CNC(=O)C(F)(F)F)C[C@@H]1C. The number of hydrogen-bond donors (Lipinski definition) is 6. The summed E-state index contributed by atoms with van der Waals surface area (Å²) in [5.41, 5.74) is 10.6. The highest BCUT2D eigenvalue weighted by atomic mass is 19.4. The third kappa shape index (κ3) is 19.4. The van der Waals surface area contributed by atoms with E-state index in [0.29, 0.717) is 53.6 Å². The third-order valence-electron chi connectivity index (χ3n) is 13.7. The van der Waals surface area contributed by atoms with E-state index in [2.05, 4.69) is 57.2 Å². The van der Waals surface area contributed by atoms with Crippen molar-refractivity contribution in [2.75, 3.05) is 39.3 Å². The third-order valence-corrected chi connectivity index (χ3v) is 13.7. The normalized spacial score (nSPS) is 20.6. The Morgan fingerprint density at radius 2 is 1.30 bits per heavy atom. The summed E-state index contributed by atoms with van der Waals surface area (Å²) in [6.07, 6.45) is -2.97. The van der Waals surface area contributed by atoms with E-state index in [0.717, 1.165) is 17.2 Å². The Morgan fingerprint density at radius 1 is 0.829 bits per heavy atom. The lowest BCUT2D eigenvalue weighted by Crippen LogP contribution is -2.47. The van der Waals surface area contributed by atoms with Crippen molar-refractivity contribution in [1.29, 1.82) is 10.5 Å². The van der Waals surface area contributed by atoms with Gasteiger partial charge in [0.05, 0.1) is 24.9 Å². The Balaban J connectivity index is 0.00000119. The van der Waals surface area contributed by atoms with Gasteiger partial charge in [-0.1, -0.05) is 134 Å². The molecule has 1 aliphatic carbocycles. The van der Waals surface area contributed by atoms with Gasteiger partial charge in [-0.25, -0.2) is 0 Å². The van der Waals surface area contributed by atoms with Crippen LogP contribution < -0.4 is 32.7 Å². The number of Topliss-reactive ketones (excluding diaryl/α,β-unsaturated/α-hetero) is 1. The van der Waals surface area contributed by atoms with Gasteiger partial charge in [0.25, 0.3) is 0 Å². The molecule has 3 aliphatic rings. The van der Waals surface area contributed by atoms with Crippen molar-refractivity contribution in [1.82, 2.24) is 36.1 Å². The van der Waals surface area contributed by atoms with Crippen LogP contribution in [0.3, 0.4) is 0 Å². The number of alkyl halides is 6. The van der Waals surface area contributed by atoms with Crippen molar-refractivity contribution < 1.29 is 59.9 Å². The standard InChI is InChI=1S/C23H32BF3N6O3.C13H7N3O2.C11H17F3N2O2.2C4H10.C2H6/c1-6-7-14(18(29)15(8-28)32-12-34)17(19(24)30)21(3,4)22(5)11-33(10-13(22)2)16(35)9-31-20(36)23(25,26)27;14-6-13(16-7-17)10-5-15-4-8-2-1-3-9(11(8)10)12(13)18;1-7-5-16(6-10(7,2)3)8(17)4-15-9(18)11(12,13)14;2*1-4(2)3;1-2/h6-7,12-13,15H,9-11,29-30H2,1-5H3,(H,31,36)(H,32,34);1-5,7H,(H,16,17);7H,4-6H2,1-3H3,(H,15,18);2*4H,1-3H3;1-2H3/b7-6-,18-14-,19-17+;;;;;/t13-,15?,22?;;7-;;;/m0.0.../s1. The van der Waals surface area contributed by atoms with Gasteiger partial charge in [0.15, 0.2) is 6.04 Å². The molecule has 452 valence electrons. The monoisotopic (exact) mass is 1160 g/mol. The zero-order valence-electron chi connectivity index (χ0n) is 49.9. The van der Waals surface area contributed by atoms with Crippen LogP contribution in [0, 0.1) is 62.6 Å². The summed E-state index contributed by atoms with van der Waals surface area (Å²) >= 11 is 0. The van der Waals surface area contributed by atoms with Crippen LogP contribution in [0.25, 0.3) is 10.8 Å². The van der Waals surface area contributed by atoms with Gasteiger partial charge in [-0.15, -0.1) is 0 Å². The molecule has 1 aromatic heterocycles. The first kappa shape index (κ1) is 74.6. The lowest BCUT2D eigenvalue weighted by atomic mass is 9.56. The number of benzene rings is 1. The number of pyridine rings is 1. The molecule has 0 saturated carbocycles. The van der Waals surface area contributed by atoms with E-state index < -0.39 is 77.3 Å². The summed E-state index contributed by atoms with van der Waals surface area (Å²) in [6, 6.07) is 7.84. The fourth-order valence-corrected chi connectivity index (χ4v) is 8.83. The molecule has 8 N–H and O–H groups in total. The average molecular weight is 1160 g/mol. The Hall–Kier alpha value is -7.44. The van der Waals surface area contributed by atoms with E-state index in [1.807, 2.05) is 80.5 Å². The molecular weight excluding hydrogens is 1080 g/mol. The van der Waals surface area contributed by atoms with E-state index in [9.17, 15) is 70.4 Å². The Morgan fingerprint density at radius 3 is 1.70 bits per heavy atom. The number of allylic oxidation sites excluding steroid dienone is 4. The van der Waals surface area contributed by atoms with Gasteiger partial charge in [0.2, 0.25) is 36.0 Å². The minimum Gasteiger partial charge on any atom is -0.410 e. The van der Waals surface area contributed by atoms with Gasteiger partial charge in [0.1, 0.15) is 13.9 Å². The van der Waals surface area contributed by atoms with Crippen LogP contribution >= 0.6 is 0 Å². The number of nitriles is 2. The minimum atomic E-state index is -5.09. The molecule has 5 rings (SSSR count). The Bertz CT molecular complexity index is 2730. The van der Waals surface area contributed by atoms with Gasteiger partial charge in [-0.05, 0) is 58.0 Å². The maximum absolute atomic E-state index is 12.7. The quantitative estimate of drug-likeness (QED) is 0.0497. The number of nitrogens with two attached hydrogens (primary N) is 2. The first-order valence-corrected chi connectivity index (χ1v) is 26.5. The highest BCUT2D eigenvalue weighted by molar-refractivity contribution is 6.22. The zero-order valence-corrected chi connectivity index (χ0v) is 49.9. The topological polar surface area (TPSA) is 287 Å². The number of carbonyl (C=O) groups is 7. The fraction of sp³-hybridized carbons (Fsp3) is 0.579. The lowest BCUT2D eigenvalue weighted by molar-refractivity contribution is -0.174. The van der Waals surface area contributed by atoms with Crippen molar-refractivity contribution >= 4 is 60.9 Å². The maximum Gasteiger partial charge on any atom is 0.471 e. The Kier molecular flexibility index (Phi) is 28.8. The van der Waals surface area contributed by atoms with Crippen LogP contribution in [0.5, 0.6) is 0 Å². The van der Waals surface area contributed by atoms with Crippen LogP contribution in [-0.4, -0.2) is 123 Å². The van der Waals surface area contributed by atoms with Gasteiger partial charge >= 0.3 is 24.2 Å². The molecule has 18 nitrogen and oxygen atoms in total. The predicted octanol–water partition coefficient (Wildman–Crippen LogP) is 7.36. The number of nitrogens with zero attached hydrogens (tertiary/aromatic N) is 5. The maximum atomic E-state index is 12.7. The Labute approximate surface area is 479 Å². The van der Waals surface area contributed by atoms with Crippen LogP contribution in [0.2, 0.25) is 0 Å². The number of rotatable bonds is 13. The molecule has 25 heteroatoms. The number of halogens is 6. The molecule has 3 unspecified atom stereocenters. The molecule has 2 aliphatic heterocycles. The number of ketones is 1. The average Bonchev–Trinajstić information content (AvgIpc) is 4.18. The fourth-order valence-electron chi connectivity index (χ4n) is 8.83. The van der Waals surface area contributed by atoms with Gasteiger partial charge in [-0.2, -0.15) is 36.9 Å². The summed E-state index contributed by atoms with van der Waals surface area (Å²) in [7, 11) is 6.12. The van der Waals surface area contributed by atoms with E-state index in [-0.39, 0.29) is 41.6 Å². The summed E-state index contributed by atoms with van der Waals surface area (Å²) in [4.78, 5) is 86.9. The van der Waals surface area contributed by atoms with Crippen LogP contribution in [0.1, 0.15) is 127 Å². The minimum absolute atomic E-state index is 0.0104. The number of nitrogens with one attached hydrogen (secondary N) is 4. The zero-order chi connectivity index (χ0) is 64.1. The molecule has 5 atom stereocenters. The molecule has 3 heterocycles. The van der Waals surface area contributed by atoms with Crippen molar-refractivity contribution in [3.8, 4) is 12.1 Å². The first-order chi connectivity index (χ1) is 37.7. The number of likely N-dealkylation sites (tertiary alicyclic amines) is 2. The summed E-state index contributed by atoms with van der Waals surface area (Å²) in [5, 5.41) is 28.1. The summed E-state index contributed by atoms with van der Waals surface area (Å²) < 4.78 is 73.2. The molecule has 0 spiro atoms. The van der Waals surface area contributed by atoms with Crippen LogP contribution in [0.4, 0.5) is 26.3 Å². The highest BCUT2D eigenvalue weighted by Crippen LogP contribution is 2.55. The number of amides is 6. The molecule has 0 bridgehead atoms. The van der Waals surface area contributed by atoms with Crippen molar-refractivity contribution in [2.24, 2.45) is 51.4 Å². The molecule has 6 amide bonds. The molecule has 2 radical (unpaired) electrons. The van der Waals surface area contributed by atoms with Crippen molar-refractivity contribution in [2.45, 2.75) is 135 Å². The summed E-state index contributed by atoms with van der Waals surface area (Å²) in [5.74, 6) is -4.08. The van der Waals surface area contributed by atoms with E-state index >= 15 is 0 Å². The molecule has 2 saturated heterocycles. The molecule has 1 aromatic carbocycles. The van der Waals surface area contributed by atoms with Gasteiger partial charge in [0, 0.05) is 66.0 Å². The molecular formula is C57H82BF6N11O7. The second kappa shape index (κ2) is 31.7. The van der Waals surface area contributed by atoms with Crippen molar-refractivity contribution in [3.63, 3.8) is 0 Å². The molecule has 2 fully saturated rings. The second-order valence-electron chi connectivity index (χ2n) is 22.3. The number of hydrogen-bond acceptors (Lipinski definition) is 12. The lowest BCUT2D eigenvalue weighted by Gasteiger charge is -2.47. The highest BCUT2D eigenvalue weighted by Gasteiger charge is 2.54. The summed E-state index contributed by atoms with van der Waals surface area (Å²) in [6.45, 7) is 32.1. The predicted molar refractivity (Wildman–Crippen MR) is 302 cm³/mol. The van der Waals surface area contributed by atoms with Gasteiger partial charge in [-0.3, -0.25) is 38.5 Å². The van der Waals surface area contributed by atoms with Crippen molar-refractivity contribution in [3.05, 3.63) is 76.3 Å². The van der Waals surface area contributed by atoms with Crippen LogP contribution in [0.15, 0.2) is 65.2 Å². The second-order valence-corrected chi connectivity index (χ2v) is 22.3. The van der Waals surface area contributed by atoms with E-state index in [4.69, 9.17) is 19.3 Å². The largest absolute Gasteiger partial charge is 0.471 e. The molecule has 2 aromatic rings. The van der Waals surface area contributed by atoms with Crippen LogP contribution in [-0.2, 0) is 34.3 Å². The smallest absolute Gasteiger partial charge is 0.410 e. The van der Waals surface area contributed by atoms with E-state index in [1.54, 1.807) is 48.0 Å². The van der Waals surface area contributed by atoms with E-state index in [1.165, 1.54) is 16.0 Å². The molecule has 82 heavy (non-hydrogen) atoms. The van der Waals surface area contributed by atoms with Gasteiger partial charge < -0.3 is 42.5 Å².